The lowest BCUT2D eigenvalue weighted by Gasteiger charge is -2.15. The van der Waals surface area contributed by atoms with Gasteiger partial charge in [0.1, 0.15) is 5.75 Å². The van der Waals surface area contributed by atoms with Gasteiger partial charge < -0.3 is 14.6 Å². The zero-order valence-corrected chi connectivity index (χ0v) is 15.1. The third kappa shape index (κ3) is 3.35. The zero-order chi connectivity index (χ0) is 18.1. The first-order valence-corrected chi connectivity index (χ1v) is 8.38. The predicted molar refractivity (Wildman–Crippen MR) is 97.9 cm³/mol. The molecular weight excluding hydrogens is 340 g/mol. The molecule has 0 aromatic heterocycles. The molecule has 0 atom stereocenters. The van der Waals surface area contributed by atoms with Crippen molar-refractivity contribution < 1.29 is 19.4 Å². The Hall–Kier alpha value is -2.46. The second kappa shape index (κ2) is 6.81. The monoisotopic (exact) mass is 358 g/mol. The second-order valence-corrected chi connectivity index (χ2v) is 6.59. The molecule has 0 radical (unpaired) electrons. The lowest BCUT2D eigenvalue weighted by atomic mass is 10.1. The van der Waals surface area contributed by atoms with Crippen molar-refractivity contribution in [3.63, 3.8) is 0 Å². The highest BCUT2D eigenvalue weighted by Gasteiger charge is 2.27. The van der Waals surface area contributed by atoms with Crippen LogP contribution in [0.2, 0.25) is 5.02 Å². The van der Waals surface area contributed by atoms with Gasteiger partial charge >= 0.3 is 0 Å². The summed E-state index contributed by atoms with van der Waals surface area (Å²) >= 11 is 6.33. The highest BCUT2D eigenvalue weighted by Crippen LogP contribution is 2.39. The summed E-state index contributed by atoms with van der Waals surface area (Å²) in [7, 11) is 1.55. The SMILES string of the molecule is COc1cc(/C=C2\Cc3c(O)cccc3C2=O)cc(Cl)c1OC(C)C. The Kier molecular flexibility index (Phi) is 4.73. The zero-order valence-electron chi connectivity index (χ0n) is 14.3. The molecule has 130 valence electrons. The fourth-order valence-electron chi connectivity index (χ4n) is 2.91. The second-order valence-electron chi connectivity index (χ2n) is 6.18. The first kappa shape index (κ1) is 17.4. The number of phenols is 1. The van der Waals surface area contributed by atoms with Gasteiger partial charge in [0.05, 0.1) is 18.2 Å². The van der Waals surface area contributed by atoms with Crippen molar-refractivity contribution in [2.75, 3.05) is 7.11 Å². The minimum Gasteiger partial charge on any atom is -0.508 e. The van der Waals surface area contributed by atoms with E-state index in [0.29, 0.717) is 39.6 Å². The highest BCUT2D eigenvalue weighted by atomic mass is 35.5. The van der Waals surface area contributed by atoms with E-state index in [1.54, 1.807) is 43.5 Å². The topological polar surface area (TPSA) is 55.8 Å². The number of hydrogen-bond acceptors (Lipinski definition) is 4. The number of carbonyl (C=O) groups is 1. The van der Waals surface area contributed by atoms with Gasteiger partial charge in [0.15, 0.2) is 17.3 Å². The van der Waals surface area contributed by atoms with Crippen molar-refractivity contribution in [3.05, 3.63) is 57.6 Å². The molecule has 1 aliphatic rings. The third-order valence-corrected chi connectivity index (χ3v) is 4.28. The van der Waals surface area contributed by atoms with Gasteiger partial charge in [0.2, 0.25) is 0 Å². The number of ketones is 1. The maximum absolute atomic E-state index is 12.5. The van der Waals surface area contributed by atoms with E-state index in [1.165, 1.54) is 0 Å². The molecule has 0 saturated heterocycles. The summed E-state index contributed by atoms with van der Waals surface area (Å²) in [5.74, 6) is 1.06. The molecule has 2 aromatic carbocycles. The first-order chi connectivity index (χ1) is 11.9. The summed E-state index contributed by atoms with van der Waals surface area (Å²) in [6, 6.07) is 8.52. The number of carbonyl (C=O) groups excluding carboxylic acids is 1. The number of rotatable bonds is 4. The molecule has 0 amide bonds. The molecule has 5 heteroatoms. The Morgan fingerprint density at radius 1 is 1.28 bits per heavy atom. The number of allylic oxidation sites excluding steroid dienone is 1. The molecule has 0 bridgehead atoms. The Labute approximate surface area is 151 Å². The molecule has 0 fully saturated rings. The van der Waals surface area contributed by atoms with Crippen molar-refractivity contribution >= 4 is 23.5 Å². The molecule has 2 aromatic rings. The normalized spacial score (nSPS) is 14.9. The van der Waals surface area contributed by atoms with Gasteiger partial charge in [-0.1, -0.05) is 23.7 Å². The Morgan fingerprint density at radius 2 is 2.04 bits per heavy atom. The molecule has 0 saturated carbocycles. The molecule has 25 heavy (non-hydrogen) atoms. The quantitative estimate of drug-likeness (QED) is 0.807. The van der Waals surface area contributed by atoms with Crippen LogP contribution in [-0.2, 0) is 6.42 Å². The number of Topliss-reactive ketones (excluding diaryl/α,β-unsaturated/α-hetero) is 1. The number of halogens is 1. The number of fused-ring (bicyclic) bond motifs is 1. The van der Waals surface area contributed by atoms with Gasteiger partial charge in [0, 0.05) is 23.1 Å². The number of hydrogen-bond donors (Lipinski definition) is 1. The Morgan fingerprint density at radius 3 is 2.68 bits per heavy atom. The lowest BCUT2D eigenvalue weighted by molar-refractivity contribution is 0.104. The van der Waals surface area contributed by atoms with Crippen molar-refractivity contribution in [1.29, 1.82) is 0 Å². The molecule has 3 rings (SSSR count). The van der Waals surface area contributed by atoms with Gasteiger partial charge in [-0.15, -0.1) is 0 Å². The summed E-state index contributed by atoms with van der Waals surface area (Å²) < 4.78 is 11.1. The molecule has 0 aliphatic heterocycles. The summed E-state index contributed by atoms with van der Waals surface area (Å²) in [4.78, 5) is 12.5. The number of methoxy groups -OCH3 is 1. The molecule has 4 nitrogen and oxygen atoms in total. The van der Waals surface area contributed by atoms with Crippen molar-refractivity contribution in [1.82, 2.24) is 0 Å². The number of benzene rings is 2. The van der Waals surface area contributed by atoms with Gasteiger partial charge in [-0.2, -0.15) is 0 Å². The van der Waals surface area contributed by atoms with Gasteiger partial charge in [-0.05, 0) is 43.7 Å². The van der Waals surface area contributed by atoms with E-state index in [-0.39, 0.29) is 17.6 Å². The minimum atomic E-state index is -0.0801. The van der Waals surface area contributed by atoms with Crippen LogP contribution in [0.25, 0.3) is 6.08 Å². The molecule has 0 spiro atoms. The third-order valence-electron chi connectivity index (χ3n) is 4.00. The Balaban J connectivity index is 1.99. The lowest BCUT2D eigenvalue weighted by Crippen LogP contribution is -2.07. The summed E-state index contributed by atoms with van der Waals surface area (Å²) in [6.07, 6.45) is 2.13. The molecule has 1 aliphatic carbocycles. The molecule has 0 heterocycles. The summed E-state index contributed by atoms with van der Waals surface area (Å²) in [6.45, 7) is 3.82. The maximum Gasteiger partial charge on any atom is 0.189 e. The van der Waals surface area contributed by atoms with Crippen LogP contribution in [0.3, 0.4) is 0 Å². The van der Waals surface area contributed by atoms with E-state index in [4.69, 9.17) is 21.1 Å². The average Bonchev–Trinajstić information content (AvgIpc) is 2.87. The van der Waals surface area contributed by atoms with E-state index in [0.717, 1.165) is 5.56 Å². The van der Waals surface area contributed by atoms with Crippen molar-refractivity contribution in [2.24, 2.45) is 0 Å². The van der Waals surface area contributed by atoms with Crippen LogP contribution in [-0.4, -0.2) is 24.1 Å². The summed E-state index contributed by atoms with van der Waals surface area (Å²) in [5, 5.41) is 10.4. The van der Waals surface area contributed by atoms with Crippen LogP contribution in [0.1, 0.15) is 35.3 Å². The van der Waals surface area contributed by atoms with Crippen LogP contribution in [0.4, 0.5) is 0 Å². The van der Waals surface area contributed by atoms with Crippen LogP contribution in [0.5, 0.6) is 17.2 Å². The average molecular weight is 359 g/mol. The summed E-state index contributed by atoms with van der Waals surface area (Å²) in [5.41, 5.74) is 2.56. The Bertz CT molecular complexity index is 868. The van der Waals surface area contributed by atoms with Crippen molar-refractivity contribution in [2.45, 2.75) is 26.4 Å². The largest absolute Gasteiger partial charge is 0.508 e. The highest BCUT2D eigenvalue weighted by molar-refractivity contribution is 6.32. The number of phenolic OH excluding ortho intramolecular Hbond substituents is 1. The molecule has 1 N–H and O–H groups in total. The van der Waals surface area contributed by atoms with Gasteiger partial charge in [-0.3, -0.25) is 4.79 Å². The number of aromatic hydroxyl groups is 1. The molecular formula is C20H19ClO4. The standard InChI is InChI=1S/C20H19ClO4/c1-11(2)25-20-16(21)8-12(9-18(20)24-3)7-13-10-15-14(19(13)23)5-4-6-17(15)22/h4-9,11,22H,10H2,1-3H3/b13-7+. The van der Waals surface area contributed by atoms with E-state index >= 15 is 0 Å². The van der Waals surface area contributed by atoms with Crippen LogP contribution in [0.15, 0.2) is 35.9 Å². The van der Waals surface area contributed by atoms with Gasteiger partial charge in [0.25, 0.3) is 0 Å². The van der Waals surface area contributed by atoms with E-state index in [9.17, 15) is 9.90 Å². The van der Waals surface area contributed by atoms with E-state index in [1.807, 2.05) is 13.8 Å². The van der Waals surface area contributed by atoms with E-state index in [2.05, 4.69) is 0 Å². The van der Waals surface area contributed by atoms with E-state index < -0.39 is 0 Å². The fraction of sp³-hybridized carbons (Fsp3) is 0.250. The van der Waals surface area contributed by atoms with Crippen molar-refractivity contribution in [3.8, 4) is 17.2 Å². The van der Waals surface area contributed by atoms with Gasteiger partial charge in [-0.25, -0.2) is 0 Å². The smallest absolute Gasteiger partial charge is 0.189 e. The predicted octanol–water partition coefficient (Wildman–Crippen LogP) is 4.66. The van der Waals surface area contributed by atoms with Crippen LogP contribution >= 0.6 is 11.6 Å². The molecule has 0 unspecified atom stereocenters. The maximum atomic E-state index is 12.5. The minimum absolute atomic E-state index is 0.0375. The van der Waals surface area contributed by atoms with Crippen LogP contribution in [0, 0.1) is 0 Å². The fourth-order valence-corrected chi connectivity index (χ4v) is 3.17. The first-order valence-electron chi connectivity index (χ1n) is 8.01. The van der Waals surface area contributed by atoms with Crippen LogP contribution < -0.4 is 9.47 Å². The number of ether oxygens (including phenoxy) is 2.